The second-order valence-corrected chi connectivity index (χ2v) is 5.95. The molecule has 0 aromatic carbocycles. The van der Waals surface area contributed by atoms with Gasteiger partial charge in [0.15, 0.2) is 5.96 Å². The van der Waals surface area contributed by atoms with Gasteiger partial charge in [-0.25, -0.2) is 0 Å². The minimum Gasteiger partial charge on any atom is -0.383 e. The summed E-state index contributed by atoms with van der Waals surface area (Å²) in [6, 6.07) is 0.471. The number of likely N-dealkylation sites (tertiary alicyclic amines) is 1. The van der Waals surface area contributed by atoms with Crippen LogP contribution in [0, 0.1) is 5.92 Å². The Kier molecular flexibility index (Phi) is 9.42. The molecule has 5 nitrogen and oxygen atoms in total. The number of nitrogens with zero attached hydrogens (tertiary/aromatic N) is 2. The molecule has 1 aliphatic heterocycles. The number of ether oxygens (including phenoxy) is 1. The summed E-state index contributed by atoms with van der Waals surface area (Å²) in [6.07, 6.45) is 3.61. The van der Waals surface area contributed by atoms with Gasteiger partial charge in [-0.3, -0.25) is 4.99 Å². The summed E-state index contributed by atoms with van der Waals surface area (Å²) in [5.41, 5.74) is 0. The Hall–Kier alpha value is -0.810. The fourth-order valence-corrected chi connectivity index (χ4v) is 2.49. The van der Waals surface area contributed by atoms with E-state index in [4.69, 9.17) is 9.73 Å². The first-order valence-electron chi connectivity index (χ1n) is 8.45. The molecule has 2 N–H and O–H groups in total. The van der Waals surface area contributed by atoms with E-state index in [-0.39, 0.29) is 0 Å². The molecule has 1 saturated heterocycles. The molecule has 1 rings (SSSR count). The summed E-state index contributed by atoms with van der Waals surface area (Å²) in [5, 5.41) is 6.79. The van der Waals surface area contributed by atoms with E-state index in [2.05, 4.69) is 36.3 Å². The average molecular weight is 298 g/mol. The first kappa shape index (κ1) is 18.2. The molecular formula is C16H34N4O. The van der Waals surface area contributed by atoms with Crippen molar-refractivity contribution in [2.24, 2.45) is 10.9 Å². The molecule has 0 amide bonds. The van der Waals surface area contributed by atoms with Gasteiger partial charge in [-0.1, -0.05) is 6.92 Å². The van der Waals surface area contributed by atoms with Gasteiger partial charge in [0.05, 0.1) is 6.61 Å². The van der Waals surface area contributed by atoms with E-state index in [0.717, 1.165) is 44.5 Å². The zero-order valence-corrected chi connectivity index (χ0v) is 14.3. The van der Waals surface area contributed by atoms with Crippen LogP contribution in [0.2, 0.25) is 0 Å². The normalized spacial score (nSPS) is 19.5. The molecule has 1 fully saturated rings. The zero-order chi connectivity index (χ0) is 15.5. The number of aliphatic imine (C=N–C) groups is 1. The SMILES string of the molecule is CCNC(=NCC1CCN(CCOC)CC1)NC(C)CC. The van der Waals surface area contributed by atoms with Crippen molar-refractivity contribution >= 4 is 5.96 Å². The van der Waals surface area contributed by atoms with E-state index in [9.17, 15) is 0 Å². The van der Waals surface area contributed by atoms with Crippen LogP contribution in [-0.4, -0.2) is 63.3 Å². The third-order valence-corrected chi connectivity index (χ3v) is 4.17. The molecule has 0 bridgehead atoms. The standard InChI is InChI=1S/C16H34N4O/c1-5-14(3)19-16(17-6-2)18-13-15-7-9-20(10-8-15)11-12-21-4/h14-15H,5-13H2,1-4H3,(H2,17,18,19). The smallest absolute Gasteiger partial charge is 0.191 e. The van der Waals surface area contributed by atoms with Gasteiger partial charge in [0.25, 0.3) is 0 Å². The first-order valence-corrected chi connectivity index (χ1v) is 8.45. The molecule has 0 aliphatic carbocycles. The molecule has 0 radical (unpaired) electrons. The fourth-order valence-electron chi connectivity index (χ4n) is 2.49. The van der Waals surface area contributed by atoms with Crippen LogP contribution in [0.3, 0.4) is 0 Å². The van der Waals surface area contributed by atoms with Crippen molar-refractivity contribution in [2.45, 2.75) is 46.1 Å². The number of piperidine rings is 1. The predicted octanol–water partition coefficient (Wildman–Crippen LogP) is 1.70. The van der Waals surface area contributed by atoms with E-state index >= 15 is 0 Å². The average Bonchev–Trinajstić information content (AvgIpc) is 2.51. The van der Waals surface area contributed by atoms with Crippen molar-refractivity contribution in [2.75, 3.05) is 46.4 Å². The predicted molar refractivity (Wildman–Crippen MR) is 89.9 cm³/mol. The molecule has 0 spiro atoms. The number of guanidine groups is 1. The molecule has 1 unspecified atom stereocenters. The maximum absolute atomic E-state index is 5.14. The minimum atomic E-state index is 0.471. The Labute approximate surface area is 130 Å². The van der Waals surface area contributed by atoms with Gasteiger partial charge in [-0.2, -0.15) is 0 Å². The quantitative estimate of drug-likeness (QED) is 0.529. The highest BCUT2D eigenvalue weighted by Crippen LogP contribution is 2.17. The maximum atomic E-state index is 5.14. The van der Waals surface area contributed by atoms with Crippen molar-refractivity contribution in [3.8, 4) is 0 Å². The van der Waals surface area contributed by atoms with Crippen molar-refractivity contribution in [3.63, 3.8) is 0 Å². The van der Waals surface area contributed by atoms with Gasteiger partial charge in [-0.05, 0) is 52.1 Å². The molecule has 5 heteroatoms. The van der Waals surface area contributed by atoms with Gasteiger partial charge >= 0.3 is 0 Å². The van der Waals surface area contributed by atoms with Gasteiger partial charge in [0.2, 0.25) is 0 Å². The van der Waals surface area contributed by atoms with Gasteiger partial charge < -0.3 is 20.3 Å². The van der Waals surface area contributed by atoms with Gasteiger partial charge in [-0.15, -0.1) is 0 Å². The first-order chi connectivity index (χ1) is 10.2. The molecule has 0 aromatic heterocycles. The summed E-state index contributed by atoms with van der Waals surface area (Å²) in [6.45, 7) is 12.6. The summed E-state index contributed by atoms with van der Waals surface area (Å²) in [7, 11) is 1.77. The number of nitrogens with one attached hydrogen (secondary N) is 2. The van der Waals surface area contributed by atoms with Crippen LogP contribution in [0.15, 0.2) is 4.99 Å². The Morgan fingerprint density at radius 3 is 2.62 bits per heavy atom. The van der Waals surface area contributed by atoms with Crippen LogP contribution in [-0.2, 0) is 4.74 Å². The van der Waals surface area contributed by atoms with E-state index in [0.29, 0.717) is 6.04 Å². The highest BCUT2D eigenvalue weighted by molar-refractivity contribution is 5.80. The highest BCUT2D eigenvalue weighted by atomic mass is 16.5. The molecule has 1 aliphatic rings. The third-order valence-electron chi connectivity index (χ3n) is 4.17. The lowest BCUT2D eigenvalue weighted by Gasteiger charge is -2.31. The van der Waals surface area contributed by atoms with Crippen molar-refractivity contribution in [1.82, 2.24) is 15.5 Å². The maximum Gasteiger partial charge on any atom is 0.191 e. The number of hydrogen-bond donors (Lipinski definition) is 2. The Balaban J connectivity index is 2.33. The molecule has 21 heavy (non-hydrogen) atoms. The Morgan fingerprint density at radius 2 is 2.05 bits per heavy atom. The lowest BCUT2D eigenvalue weighted by Crippen LogP contribution is -2.42. The van der Waals surface area contributed by atoms with Crippen molar-refractivity contribution in [1.29, 1.82) is 0 Å². The van der Waals surface area contributed by atoms with E-state index < -0.39 is 0 Å². The van der Waals surface area contributed by atoms with Crippen LogP contribution in [0.5, 0.6) is 0 Å². The number of hydrogen-bond acceptors (Lipinski definition) is 3. The number of rotatable bonds is 8. The number of methoxy groups -OCH3 is 1. The van der Waals surface area contributed by atoms with Gasteiger partial charge in [0.1, 0.15) is 0 Å². The fraction of sp³-hybridized carbons (Fsp3) is 0.938. The molecule has 124 valence electrons. The van der Waals surface area contributed by atoms with Crippen LogP contribution in [0.1, 0.15) is 40.0 Å². The molecule has 0 saturated carbocycles. The lowest BCUT2D eigenvalue weighted by atomic mass is 9.97. The van der Waals surface area contributed by atoms with Crippen LogP contribution in [0.4, 0.5) is 0 Å². The second kappa shape index (κ2) is 10.9. The van der Waals surface area contributed by atoms with E-state index in [1.807, 2.05) is 0 Å². The molecule has 0 aromatic rings. The second-order valence-electron chi connectivity index (χ2n) is 5.95. The van der Waals surface area contributed by atoms with Crippen LogP contribution >= 0.6 is 0 Å². The minimum absolute atomic E-state index is 0.471. The van der Waals surface area contributed by atoms with Crippen LogP contribution in [0.25, 0.3) is 0 Å². The summed E-state index contributed by atoms with van der Waals surface area (Å²) < 4.78 is 5.14. The Morgan fingerprint density at radius 1 is 1.33 bits per heavy atom. The summed E-state index contributed by atoms with van der Waals surface area (Å²) in [5.74, 6) is 1.69. The summed E-state index contributed by atoms with van der Waals surface area (Å²) >= 11 is 0. The van der Waals surface area contributed by atoms with Crippen LogP contribution < -0.4 is 10.6 Å². The monoisotopic (exact) mass is 298 g/mol. The molecular weight excluding hydrogens is 264 g/mol. The van der Waals surface area contributed by atoms with Gasteiger partial charge in [0, 0.05) is 32.8 Å². The zero-order valence-electron chi connectivity index (χ0n) is 14.3. The van der Waals surface area contributed by atoms with E-state index in [1.165, 1.54) is 25.9 Å². The topological polar surface area (TPSA) is 48.9 Å². The lowest BCUT2D eigenvalue weighted by molar-refractivity contribution is 0.121. The molecule has 1 heterocycles. The Bertz CT molecular complexity index is 288. The largest absolute Gasteiger partial charge is 0.383 e. The summed E-state index contributed by atoms with van der Waals surface area (Å²) in [4.78, 5) is 7.26. The molecule has 1 atom stereocenters. The third kappa shape index (κ3) is 7.67. The van der Waals surface area contributed by atoms with Crippen molar-refractivity contribution < 1.29 is 4.74 Å². The van der Waals surface area contributed by atoms with E-state index in [1.54, 1.807) is 7.11 Å². The highest BCUT2D eigenvalue weighted by Gasteiger charge is 2.18. The van der Waals surface area contributed by atoms with Crippen molar-refractivity contribution in [3.05, 3.63) is 0 Å².